The summed E-state index contributed by atoms with van der Waals surface area (Å²) in [4.78, 5) is 29.4. The number of aryl methyl sites for hydroxylation is 1. The standard InChI is InChI=1S/C25H31N3O3S/c1-16-2-4-21(5-3-16)31-14-24-26-20(15-32-24)9-22(29)27-28-23(30)13-25-10-17-6-18(11-25)8-19(7-17)12-25/h2-5,15,17-19H,6-14H2,1H3,(H,27,29)(H,28,30). The maximum Gasteiger partial charge on any atom is 0.244 e. The van der Waals surface area contributed by atoms with Crippen LogP contribution in [0, 0.1) is 30.1 Å². The average Bonchev–Trinajstić information content (AvgIpc) is 3.18. The van der Waals surface area contributed by atoms with Gasteiger partial charge in [-0.25, -0.2) is 4.98 Å². The van der Waals surface area contributed by atoms with Crippen molar-refractivity contribution in [2.75, 3.05) is 0 Å². The minimum Gasteiger partial charge on any atom is -0.486 e. The Morgan fingerprint density at radius 1 is 1.03 bits per heavy atom. The summed E-state index contributed by atoms with van der Waals surface area (Å²) in [5, 5.41) is 2.68. The SMILES string of the molecule is Cc1ccc(OCc2nc(CC(=O)NNC(=O)CC34CC5CC(CC(C5)C3)C4)cs2)cc1. The zero-order chi connectivity index (χ0) is 22.1. The van der Waals surface area contributed by atoms with Crippen LogP contribution in [0.15, 0.2) is 29.6 Å². The van der Waals surface area contributed by atoms with Crippen LogP contribution in [0.5, 0.6) is 5.75 Å². The van der Waals surface area contributed by atoms with Crippen molar-refractivity contribution in [1.82, 2.24) is 15.8 Å². The third-order valence-electron chi connectivity index (χ3n) is 7.37. The van der Waals surface area contributed by atoms with Gasteiger partial charge in [0.2, 0.25) is 11.8 Å². The molecule has 0 unspecified atom stereocenters. The van der Waals surface area contributed by atoms with Crippen LogP contribution in [0.2, 0.25) is 0 Å². The van der Waals surface area contributed by atoms with Crippen LogP contribution in [0.4, 0.5) is 0 Å². The highest BCUT2D eigenvalue weighted by Crippen LogP contribution is 2.61. The number of hydrazine groups is 1. The molecule has 4 saturated carbocycles. The van der Waals surface area contributed by atoms with Crippen LogP contribution in [0.1, 0.15) is 61.2 Å². The number of rotatable bonds is 7. The minimum atomic E-state index is -0.250. The molecule has 0 saturated heterocycles. The Labute approximate surface area is 193 Å². The van der Waals surface area contributed by atoms with Gasteiger partial charge >= 0.3 is 0 Å². The number of carbonyl (C=O) groups excluding carboxylic acids is 2. The van der Waals surface area contributed by atoms with Crippen molar-refractivity contribution < 1.29 is 14.3 Å². The van der Waals surface area contributed by atoms with Gasteiger partial charge in [-0.2, -0.15) is 0 Å². The Morgan fingerprint density at radius 3 is 2.31 bits per heavy atom. The van der Waals surface area contributed by atoms with Gasteiger partial charge in [-0.15, -0.1) is 11.3 Å². The maximum atomic E-state index is 12.6. The molecule has 0 aliphatic heterocycles. The number of amides is 2. The monoisotopic (exact) mass is 453 g/mol. The Kier molecular flexibility index (Phi) is 5.93. The predicted octanol–water partition coefficient (Wildman–Crippen LogP) is 4.33. The highest BCUT2D eigenvalue weighted by Gasteiger charge is 2.51. The van der Waals surface area contributed by atoms with Crippen molar-refractivity contribution in [3.63, 3.8) is 0 Å². The summed E-state index contributed by atoms with van der Waals surface area (Å²) in [5.41, 5.74) is 7.27. The summed E-state index contributed by atoms with van der Waals surface area (Å²) in [6, 6.07) is 7.88. The number of benzene rings is 1. The summed E-state index contributed by atoms with van der Waals surface area (Å²) in [6.45, 7) is 2.41. The molecule has 1 heterocycles. The molecule has 6 nitrogen and oxygen atoms in total. The number of hydrogen-bond acceptors (Lipinski definition) is 5. The van der Waals surface area contributed by atoms with E-state index in [1.165, 1.54) is 55.4 Å². The van der Waals surface area contributed by atoms with E-state index >= 15 is 0 Å². The van der Waals surface area contributed by atoms with E-state index < -0.39 is 0 Å². The number of carbonyl (C=O) groups is 2. The van der Waals surface area contributed by atoms with Gasteiger partial charge in [-0.05, 0) is 80.8 Å². The molecule has 4 aliphatic carbocycles. The van der Waals surface area contributed by atoms with E-state index in [4.69, 9.17) is 4.74 Å². The van der Waals surface area contributed by atoms with Gasteiger partial charge < -0.3 is 4.74 Å². The van der Waals surface area contributed by atoms with Crippen molar-refractivity contribution in [1.29, 1.82) is 0 Å². The molecule has 1 aromatic carbocycles. The lowest BCUT2D eigenvalue weighted by Gasteiger charge is -2.56. The van der Waals surface area contributed by atoms with E-state index in [1.807, 2.05) is 36.6 Å². The molecule has 7 heteroatoms. The number of thiazole rings is 1. The van der Waals surface area contributed by atoms with Crippen LogP contribution in [-0.2, 0) is 22.6 Å². The van der Waals surface area contributed by atoms with Crippen molar-refractivity contribution in [2.24, 2.45) is 23.2 Å². The summed E-state index contributed by atoms with van der Waals surface area (Å²) < 4.78 is 5.75. The van der Waals surface area contributed by atoms with Gasteiger partial charge in [0.15, 0.2) is 0 Å². The summed E-state index contributed by atoms with van der Waals surface area (Å²) in [5.74, 6) is 2.94. The van der Waals surface area contributed by atoms with E-state index in [2.05, 4.69) is 15.8 Å². The second-order valence-corrected chi connectivity index (χ2v) is 11.1. The molecule has 2 N–H and O–H groups in total. The molecule has 2 aromatic rings. The first-order chi connectivity index (χ1) is 15.4. The fourth-order valence-electron chi connectivity index (χ4n) is 6.52. The van der Waals surface area contributed by atoms with Gasteiger partial charge in [-0.1, -0.05) is 17.7 Å². The van der Waals surface area contributed by atoms with E-state index in [9.17, 15) is 9.59 Å². The van der Waals surface area contributed by atoms with Crippen LogP contribution in [0.3, 0.4) is 0 Å². The second-order valence-electron chi connectivity index (χ2n) is 10.2. The Bertz CT molecular complexity index is 949. The summed E-state index contributed by atoms with van der Waals surface area (Å²) in [6.07, 6.45) is 8.33. The van der Waals surface area contributed by atoms with Crippen molar-refractivity contribution in [2.45, 2.75) is 64.9 Å². The number of ether oxygens (including phenoxy) is 1. The van der Waals surface area contributed by atoms with E-state index in [-0.39, 0.29) is 23.7 Å². The molecular formula is C25H31N3O3S. The first kappa shape index (κ1) is 21.4. The summed E-state index contributed by atoms with van der Waals surface area (Å²) >= 11 is 1.47. The van der Waals surface area contributed by atoms with Crippen molar-refractivity contribution >= 4 is 23.2 Å². The smallest absolute Gasteiger partial charge is 0.244 e. The highest BCUT2D eigenvalue weighted by molar-refractivity contribution is 7.09. The van der Waals surface area contributed by atoms with E-state index in [1.54, 1.807) is 0 Å². The minimum absolute atomic E-state index is 0.0641. The highest BCUT2D eigenvalue weighted by atomic mass is 32.1. The molecule has 4 bridgehead atoms. The number of hydrogen-bond donors (Lipinski definition) is 2. The van der Waals surface area contributed by atoms with Crippen molar-refractivity contribution in [3.8, 4) is 5.75 Å². The van der Waals surface area contributed by atoms with Gasteiger partial charge in [-0.3, -0.25) is 20.4 Å². The lowest BCUT2D eigenvalue weighted by atomic mass is 9.49. The molecule has 0 spiro atoms. The average molecular weight is 454 g/mol. The quantitative estimate of drug-likeness (QED) is 0.612. The topological polar surface area (TPSA) is 80.3 Å². The number of nitrogens with one attached hydrogen (secondary N) is 2. The van der Waals surface area contributed by atoms with Gasteiger partial charge in [0.05, 0.1) is 12.1 Å². The third kappa shape index (κ3) is 4.98. The van der Waals surface area contributed by atoms with E-state index in [0.717, 1.165) is 28.5 Å². The lowest BCUT2D eigenvalue weighted by Crippen LogP contribution is -2.50. The first-order valence-corrected chi connectivity index (χ1v) is 12.5. The van der Waals surface area contributed by atoms with Gasteiger partial charge in [0.25, 0.3) is 0 Å². The van der Waals surface area contributed by atoms with Crippen LogP contribution in [-0.4, -0.2) is 16.8 Å². The molecule has 32 heavy (non-hydrogen) atoms. The molecule has 1 aromatic heterocycles. The first-order valence-electron chi connectivity index (χ1n) is 11.7. The van der Waals surface area contributed by atoms with E-state index in [0.29, 0.717) is 18.7 Å². The fraction of sp³-hybridized carbons (Fsp3) is 0.560. The zero-order valence-corrected chi connectivity index (χ0v) is 19.4. The largest absolute Gasteiger partial charge is 0.486 e. The maximum absolute atomic E-state index is 12.6. The molecule has 0 atom stereocenters. The Hall–Kier alpha value is -2.41. The third-order valence-corrected chi connectivity index (χ3v) is 8.24. The molecule has 4 aliphatic rings. The number of aromatic nitrogens is 1. The zero-order valence-electron chi connectivity index (χ0n) is 18.6. The lowest BCUT2D eigenvalue weighted by molar-refractivity contribution is -0.134. The molecule has 4 fully saturated rings. The second kappa shape index (κ2) is 8.85. The molecular weight excluding hydrogens is 422 g/mol. The molecule has 2 amide bonds. The van der Waals surface area contributed by atoms with Gasteiger partial charge in [0.1, 0.15) is 17.4 Å². The van der Waals surface area contributed by atoms with Crippen LogP contribution in [0.25, 0.3) is 0 Å². The van der Waals surface area contributed by atoms with Crippen LogP contribution < -0.4 is 15.6 Å². The summed E-state index contributed by atoms with van der Waals surface area (Å²) in [7, 11) is 0. The molecule has 170 valence electrons. The molecule has 6 rings (SSSR count). The Balaban J connectivity index is 1.06. The predicted molar refractivity (Wildman–Crippen MR) is 123 cm³/mol. The normalized spacial score (nSPS) is 27.8. The molecule has 0 radical (unpaired) electrons. The van der Waals surface area contributed by atoms with Crippen molar-refractivity contribution in [3.05, 3.63) is 45.9 Å². The van der Waals surface area contributed by atoms with Crippen LogP contribution >= 0.6 is 11.3 Å². The number of nitrogens with zero attached hydrogens (tertiary/aromatic N) is 1. The van der Waals surface area contributed by atoms with Gasteiger partial charge in [0, 0.05) is 11.8 Å². The fourth-order valence-corrected chi connectivity index (χ4v) is 7.22. The Morgan fingerprint density at radius 2 is 1.66 bits per heavy atom.